The number of benzene rings is 1. The van der Waals surface area contributed by atoms with E-state index in [4.69, 9.17) is 27.9 Å². The Morgan fingerprint density at radius 1 is 1.29 bits per heavy atom. The van der Waals surface area contributed by atoms with Crippen LogP contribution in [0.25, 0.3) is 0 Å². The second kappa shape index (κ2) is 4.54. The van der Waals surface area contributed by atoms with Crippen LogP contribution in [0.3, 0.4) is 0 Å². The molecule has 0 unspecified atom stereocenters. The molecule has 0 amide bonds. The van der Waals surface area contributed by atoms with Gasteiger partial charge in [-0.15, -0.1) is 0 Å². The average Bonchev–Trinajstić information content (AvgIpc) is 2.14. The molecule has 0 bridgehead atoms. The van der Waals surface area contributed by atoms with Crippen molar-refractivity contribution in [3.05, 3.63) is 29.8 Å². The fraction of sp³-hybridized carbons (Fsp3) is 0.200. The molecule has 0 saturated heterocycles. The van der Waals surface area contributed by atoms with Crippen LogP contribution < -0.4 is 4.74 Å². The van der Waals surface area contributed by atoms with Crippen LogP contribution in [0.15, 0.2) is 24.3 Å². The minimum Gasteiger partial charge on any atom is -0.497 e. The lowest BCUT2D eigenvalue weighted by Crippen LogP contribution is -1.97. The molecule has 0 saturated carbocycles. The molecule has 1 rings (SSSR count). The highest BCUT2D eigenvalue weighted by atomic mass is 35.5. The van der Waals surface area contributed by atoms with Crippen LogP contribution in [0.4, 0.5) is 4.39 Å². The van der Waals surface area contributed by atoms with Gasteiger partial charge in [0.05, 0.1) is 7.11 Å². The molecule has 0 spiro atoms. The first-order valence-electron chi connectivity index (χ1n) is 3.75. The zero-order chi connectivity index (χ0) is 10.6. The molecule has 0 fully saturated rings. The van der Waals surface area contributed by atoms with E-state index in [9.17, 15) is 4.39 Å². The van der Waals surface area contributed by atoms with Gasteiger partial charge in [-0.05, 0) is 30.2 Å². The van der Waals surface area contributed by atoms with Gasteiger partial charge in [0.15, 0.2) is 0 Å². The van der Waals surface area contributed by atoms with Gasteiger partial charge in [-0.3, -0.25) is 0 Å². The Kier molecular flexibility index (Phi) is 3.62. The van der Waals surface area contributed by atoms with Crippen molar-refractivity contribution in [2.24, 2.45) is 0 Å². The van der Waals surface area contributed by atoms with Crippen molar-refractivity contribution < 1.29 is 9.13 Å². The predicted molar refractivity (Wildman–Crippen MR) is 55.4 cm³/mol. The number of ether oxygens (including phenoxy) is 1. The summed E-state index contributed by atoms with van der Waals surface area (Å²) in [5.41, 5.74) is 0.620. The summed E-state index contributed by atoms with van der Waals surface area (Å²) in [4.78, 5) is 0. The maximum Gasteiger partial charge on any atom is 0.319 e. The van der Waals surface area contributed by atoms with Gasteiger partial charge in [-0.1, -0.05) is 29.1 Å². The molecule has 14 heavy (non-hydrogen) atoms. The first kappa shape index (κ1) is 11.2. The fourth-order valence-corrected chi connectivity index (χ4v) is 0.912. The summed E-state index contributed by atoms with van der Waals surface area (Å²) >= 11 is 10.1. The molecule has 0 aliphatic carbocycles. The quantitative estimate of drug-likeness (QED) is 0.534. The van der Waals surface area contributed by atoms with Crippen molar-refractivity contribution in [2.75, 3.05) is 7.11 Å². The molecule has 74 valence electrons. The Labute approximate surface area is 91.8 Å². The number of hydrogen-bond donors (Lipinski definition) is 0. The van der Waals surface area contributed by atoms with E-state index in [0.717, 1.165) is 0 Å². The highest BCUT2D eigenvalue weighted by molar-refractivity contribution is 6.49. The standard InChI is InChI=1S/C10H7Cl2FO/c1-14-9-4-2-8(3-5-9)6-7-10(11,12)13/h2-5H,1H3. The average molecular weight is 233 g/mol. The van der Waals surface area contributed by atoms with Gasteiger partial charge in [0, 0.05) is 5.56 Å². The van der Waals surface area contributed by atoms with Gasteiger partial charge in [-0.25, -0.2) is 0 Å². The van der Waals surface area contributed by atoms with Crippen molar-refractivity contribution in [3.63, 3.8) is 0 Å². The molecule has 0 aromatic heterocycles. The fourth-order valence-electron chi connectivity index (χ4n) is 0.817. The third-order valence-electron chi connectivity index (χ3n) is 1.44. The smallest absolute Gasteiger partial charge is 0.319 e. The number of methoxy groups -OCH3 is 1. The molecule has 1 aromatic carbocycles. The third kappa shape index (κ3) is 3.87. The first-order chi connectivity index (χ1) is 6.51. The first-order valence-corrected chi connectivity index (χ1v) is 4.51. The number of halogens is 3. The summed E-state index contributed by atoms with van der Waals surface area (Å²) in [6.45, 7) is 0. The molecular formula is C10H7Cl2FO. The summed E-state index contributed by atoms with van der Waals surface area (Å²) in [6.07, 6.45) is 0. The summed E-state index contributed by atoms with van der Waals surface area (Å²) in [6, 6.07) is 6.80. The van der Waals surface area contributed by atoms with Gasteiger partial charge in [0.1, 0.15) is 5.75 Å². The van der Waals surface area contributed by atoms with Crippen LogP contribution in [0.1, 0.15) is 5.56 Å². The van der Waals surface area contributed by atoms with Crippen molar-refractivity contribution in [3.8, 4) is 17.6 Å². The van der Waals surface area contributed by atoms with E-state index in [1.807, 2.05) is 5.92 Å². The molecule has 0 heterocycles. The van der Waals surface area contributed by atoms with Crippen LogP contribution in [0, 0.1) is 11.8 Å². The second-order valence-corrected chi connectivity index (χ2v) is 3.71. The van der Waals surface area contributed by atoms with Crippen LogP contribution in [0.2, 0.25) is 0 Å². The molecule has 1 nitrogen and oxygen atoms in total. The minimum absolute atomic E-state index is 0.620. The van der Waals surface area contributed by atoms with Crippen molar-refractivity contribution in [1.29, 1.82) is 0 Å². The Morgan fingerprint density at radius 3 is 2.29 bits per heavy atom. The molecular weight excluding hydrogens is 226 g/mol. The van der Waals surface area contributed by atoms with Crippen LogP contribution >= 0.6 is 23.2 Å². The maximum absolute atomic E-state index is 12.6. The minimum atomic E-state index is -2.50. The molecule has 0 aliphatic heterocycles. The van der Waals surface area contributed by atoms with Gasteiger partial charge in [-0.2, -0.15) is 4.39 Å². The predicted octanol–water partition coefficient (Wildman–Crippen LogP) is 3.15. The zero-order valence-corrected chi connectivity index (χ0v) is 8.86. The summed E-state index contributed by atoms with van der Waals surface area (Å²) < 4.78 is 15.0. The van der Waals surface area contributed by atoms with Crippen molar-refractivity contribution >= 4 is 23.2 Å². The number of hydrogen-bond acceptors (Lipinski definition) is 1. The Morgan fingerprint density at radius 2 is 1.86 bits per heavy atom. The van der Waals surface area contributed by atoms with E-state index in [-0.39, 0.29) is 0 Å². The van der Waals surface area contributed by atoms with Crippen molar-refractivity contribution in [1.82, 2.24) is 0 Å². The maximum atomic E-state index is 12.6. The summed E-state index contributed by atoms with van der Waals surface area (Å²) in [7, 11) is 1.56. The molecule has 0 N–H and O–H groups in total. The Balaban J connectivity index is 2.82. The lowest BCUT2D eigenvalue weighted by atomic mass is 10.2. The largest absolute Gasteiger partial charge is 0.497 e. The van der Waals surface area contributed by atoms with Gasteiger partial charge in [0.2, 0.25) is 0 Å². The van der Waals surface area contributed by atoms with E-state index in [1.165, 1.54) is 0 Å². The molecule has 0 aliphatic rings. The molecule has 0 atom stereocenters. The Bertz CT molecular complexity index is 356. The number of alkyl halides is 3. The third-order valence-corrected chi connectivity index (χ3v) is 1.63. The lowest BCUT2D eigenvalue weighted by Gasteiger charge is -1.98. The van der Waals surface area contributed by atoms with E-state index in [1.54, 1.807) is 31.4 Å². The van der Waals surface area contributed by atoms with Crippen LogP contribution in [-0.2, 0) is 0 Å². The summed E-state index contributed by atoms with van der Waals surface area (Å²) in [5.74, 6) is 5.25. The van der Waals surface area contributed by atoms with E-state index < -0.39 is 4.59 Å². The SMILES string of the molecule is COc1ccc(C#CC(F)(Cl)Cl)cc1. The van der Waals surface area contributed by atoms with Gasteiger partial charge < -0.3 is 4.74 Å². The van der Waals surface area contributed by atoms with Crippen molar-refractivity contribution in [2.45, 2.75) is 4.59 Å². The topological polar surface area (TPSA) is 9.23 Å². The van der Waals surface area contributed by atoms with Gasteiger partial charge in [0.25, 0.3) is 0 Å². The lowest BCUT2D eigenvalue weighted by molar-refractivity contribution is 0.415. The van der Waals surface area contributed by atoms with Crippen LogP contribution in [-0.4, -0.2) is 11.7 Å². The normalized spacial score (nSPS) is 10.3. The highest BCUT2D eigenvalue weighted by Crippen LogP contribution is 2.20. The van der Waals surface area contributed by atoms with E-state index in [0.29, 0.717) is 11.3 Å². The summed E-state index contributed by atoms with van der Waals surface area (Å²) in [5, 5.41) is 0. The van der Waals surface area contributed by atoms with Gasteiger partial charge >= 0.3 is 4.59 Å². The molecule has 1 aromatic rings. The number of rotatable bonds is 1. The zero-order valence-electron chi connectivity index (χ0n) is 7.35. The highest BCUT2D eigenvalue weighted by Gasteiger charge is 2.16. The van der Waals surface area contributed by atoms with E-state index >= 15 is 0 Å². The van der Waals surface area contributed by atoms with E-state index in [2.05, 4.69) is 5.92 Å². The molecule has 0 radical (unpaired) electrons. The second-order valence-electron chi connectivity index (χ2n) is 2.48. The monoisotopic (exact) mass is 232 g/mol. The Hall–Kier alpha value is -0.910. The van der Waals surface area contributed by atoms with Crippen LogP contribution in [0.5, 0.6) is 5.75 Å². The molecule has 4 heteroatoms.